The van der Waals surface area contributed by atoms with Gasteiger partial charge in [0.25, 0.3) is 0 Å². The van der Waals surface area contributed by atoms with Gasteiger partial charge in [-0.15, -0.1) is 0 Å². The fourth-order valence-electron chi connectivity index (χ4n) is 2.69. The van der Waals surface area contributed by atoms with Crippen molar-refractivity contribution in [2.45, 2.75) is 30.2 Å². The molecule has 2 aromatic rings. The highest BCUT2D eigenvalue weighted by Crippen LogP contribution is 2.41. The Kier molecular flexibility index (Phi) is 4.43. The molecule has 0 unspecified atom stereocenters. The van der Waals surface area contributed by atoms with Crippen LogP contribution >= 0.6 is 0 Å². The van der Waals surface area contributed by atoms with Crippen LogP contribution in [0.2, 0.25) is 0 Å². The molecule has 1 N–H and O–H groups in total. The van der Waals surface area contributed by atoms with Gasteiger partial charge in [-0.25, -0.2) is 13.1 Å². The Hall–Kier alpha value is -2.18. The lowest BCUT2D eigenvalue weighted by molar-refractivity contribution is -0.116. The van der Waals surface area contributed by atoms with Crippen molar-refractivity contribution in [3.63, 3.8) is 0 Å². The van der Waals surface area contributed by atoms with Gasteiger partial charge in [-0.3, -0.25) is 4.79 Å². The zero-order valence-corrected chi connectivity index (χ0v) is 14.5. The maximum atomic E-state index is 12.5. The normalized spacial score (nSPS) is 19.8. The summed E-state index contributed by atoms with van der Waals surface area (Å²) in [4.78, 5) is 13.0. The van der Waals surface area contributed by atoms with Crippen LogP contribution in [0.25, 0.3) is 0 Å². The molecule has 126 valence electrons. The van der Waals surface area contributed by atoms with E-state index in [9.17, 15) is 13.2 Å². The lowest BCUT2D eigenvalue weighted by Gasteiger charge is -2.15. The maximum absolute atomic E-state index is 12.5. The average Bonchev–Trinajstić information content (AvgIpc) is 3.33. The van der Waals surface area contributed by atoms with E-state index in [0.29, 0.717) is 5.69 Å². The van der Waals surface area contributed by atoms with E-state index in [4.69, 9.17) is 0 Å². The minimum Gasteiger partial charge on any atom is -0.316 e. The Morgan fingerprint density at radius 1 is 1.08 bits per heavy atom. The number of carbonyl (C=O) groups is 1. The Morgan fingerprint density at radius 2 is 1.71 bits per heavy atom. The Bertz CT molecular complexity index is 832. The molecule has 3 rings (SSSR count). The van der Waals surface area contributed by atoms with Gasteiger partial charge >= 0.3 is 0 Å². The molecule has 1 fully saturated rings. The van der Waals surface area contributed by atoms with E-state index < -0.39 is 10.0 Å². The van der Waals surface area contributed by atoms with Gasteiger partial charge in [0, 0.05) is 31.6 Å². The summed E-state index contributed by atoms with van der Waals surface area (Å²) in [5.41, 5.74) is 1.82. The zero-order valence-electron chi connectivity index (χ0n) is 13.6. The van der Waals surface area contributed by atoms with Crippen LogP contribution < -0.4 is 9.62 Å². The number of amides is 1. The highest BCUT2D eigenvalue weighted by atomic mass is 32.2. The largest absolute Gasteiger partial charge is 0.316 e. The maximum Gasteiger partial charge on any atom is 0.240 e. The zero-order chi connectivity index (χ0) is 17.3. The number of hydrogen-bond donors (Lipinski definition) is 1. The van der Waals surface area contributed by atoms with E-state index in [0.717, 1.165) is 12.0 Å². The van der Waals surface area contributed by atoms with E-state index >= 15 is 0 Å². The molecule has 1 saturated carbocycles. The number of carbonyl (C=O) groups excluding carboxylic acids is 1. The highest BCUT2D eigenvalue weighted by molar-refractivity contribution is 7.89. The van der Waals surface area contributed by atoms with Crippen LogP contribution in [0.15, 0.2) is 59.5 Å². The van der Waals surface area contributed by atoms with Gasteiger partial charge in [0.05, 0.1) is 4.90 Å². The quantitative estimate of drug-likeness (QED) is 0.906. The van der Waals surface area contributed by atoms with Gasteiger partial charge in [0.1, 0.15) is 0 Å². The molecule has 1 amide bonds. The lowest BCUT2D eigenvalue weighted by Crippen LogP contribution is -2.27. The molecule has 1 aliphatic rings. The molecule has 2 atom stereocenters. The van der Waals surface area contributed by atoms with Crippen LogP contribution in [0, 0.1) is 0 Å². The van der Waals surface area contributed by atoms with Crippen molar-refractivity contribution in [3.8, 4) is 0 Å². The molecule has 0 bridgehead atoms. The van der Waals surface area contributed by atoms with E-state index in [1.807, 2.05) is 30.3 Å². The molecule has 0 radical (unpaired) electrons. The minimum atomic E-state index is -3.55. The first-order valence-electron chi connectivity index (χ1n) is 7.80. The van der Waals surface area contributed by atoms with E-state index in [-0.39, 0.29) is 22.8 Å². The number of nitrogens with zero attached hydrogens (tertiary/aromatic N) is 1. The Balaban J connectivity index is 1.69. The molecule has 24 heavy (non-hydrogen) atoms. The van der Waals surface area contributed by atoms with Crippen LogP contribution in [0.4, 0.5) is 5.69 Å². The summed E-state index contributed by atoms with van der Waals surface area (Å²) in [5.74, 6) is 0.136. The Labute approximate surface area is 142 Å². The van der Waals surface area contributed by atoms with Crippen molar-refractivity contribution >= 4 is 21.6 Å². The van der Waals surface area contributed by atoms with Crippen LogP contribution in [0.5, 0.6) is 0 Å². The lowest BCUT2D eigenvalue weighted by atomic mass is 10.1. The third-order valence-electron chi connectivity index (χ3n) is 4.33. The van der Waals surface area contributed by atoms with Gasteiger partial charge in [0.2, 0.25) is 15.9 Å². The third kappa shape index (κ3) is 3.49. The fourth-order valence-corrected chi connectivity index (χ4v) is 3.98. The second kappa shape index (κ2) is 6.37. The topological polar surface area (TPSA) is 66.5 Å². The van der Waals surface area contributed by atoms with E-state index in [1.54, 1.807) is 19.2 Å². The first-order chi connectivity index (χ1) is 11.4. The number of benzene rings is 2. The molecule has 5 nitrogen and oxygen atoms in total. The van der Waals surface area contributed by atoms with Crippen molar-refractivity contribution in [1.29, 1.82) is 0 Å². The number of sulfonamides is 1. The third-order valence-corrected chi connectivity index (χ3v) is 5.84. The predicted molar refractivity (Wildman–Crippen MR) is 93.4 cm³/mol. The molecule has 1 aliphatic carbocycles. The minimum absolute atomic E-state index is 0.0584. The van der Waals surface area contributed by atoms with Gasteiger partial charge in [-0.05, 0) is 36.2 Å². The van der Waals surface area contributed by atoms with Gasteiger partial charge < -0.3 is 4.90 Å². The molecule has 0 aliphatic heterocycles. The van der Waals surface area contributed by atoms with Crippen molar-refractivity contribution in [1.82, 2.24) is 4.72 Å². The van der Waals surface area contributed by atoms with Crippen molar-refractivity contribution < 1.29 is 13.2 Å². The second-order valence-electron chi connectivity index (χ2n) is 6.05. The summed E-state index contributed by atoms with van der Waals surface area (Å²) in [7, 11) is -1.90. The van der Waals surface area contributed by atoms with Crippen LogP contribution in [-0.2, 0) is 14.8 Å². The molecular formula is C18H20N2O3S. The molecule has 6 heteroatoms. The molecule has 0 spiro atoms. The summed E-state index contributed by atoms with van der Waals surface area (Å²) in [6.07, 6.45) is 0.814. The van der Waals surface area contributed by atoms with Gasteiger partial charge in [0.15, 0.2) is 0 Å². The molecule has 0 heterocycles. The second-order valence-corrected chi connectivity index (χ2v) is 7.77. The Morgan fingerprint density at radius 3 is 2.29 bits per heavy atom. The number of hydrogen-bond acceptors (Lipinski definition) is 3. The SMILES string of the molecule is CC(=O)N(C)c1ccc(S(=O)(=O)N[C@@H]2C[C@H]2c2ccccc2)cc1. The number of anilines is 1. The fraction of sp³-hybridized carbons (Fsp3) is 0.278. The monoisotopic (exact) mass is 344 g/mol. The van der Waals surface area contributed by atoms with Crippen molar-refractivity contribution in [2.75, 3.05) is 11.9 Å². The molecular weight excluding hydrogens is 324 g/mol. The summed E-state index contributed by atoms with van der Waals surface area (Å²) in [6.45, 7) is 1.46. The van der Waals surface area contributed by atoms with Crippen LogP contribution in [-0.4, -0.2) is 27.4 Å². The molecule has 2 aromatic carbocycles. The molecule has 0 aromatic heterocycles. The van der Waals surface area contributed by atoms with Gasteiger partial charge in [-0.1, -0.05) is 30.3 Å². The number of rotatable bonds is 5. The van der Waals surface area contributed by atoms with E-state index in [2.05, 4.69) is 4.72 Å². The summed E-state index contributed by atoms with van der Waals surface area (Å²) in [5, 5.41) is 0. The van der Waals surface area contributed by atoms with Crippen LogP contribution in [0.1, 0.15) is 24.8 Å². The predicted octanol–water partition coefficient (Wildman–Crippen LogP) is 2.50. The summed E-state index contributed by atoms with van der Waals surface area (Å²) >= 11 is 0. The average molecular weight is 344 g/mol. The van der Waals surface area contributed by atoms with Crippen LogP contribution in [0.3, 0.4) is 0 Å². The molecule has 0 saturated heterocycles. The van der Waals surface area contributed by atoms with Gasteiger partial charge in [-0.2, -0.15) is 0 Å². The van der Waals surface area contributed by atoms with Crippen molar-refractivity contribution in [2.24, 2.45) is 0 Å². The summed E-state index contributed by atoms with van der Waals surface area (Å²) in [6, 6.07) is 16.2. The first-order valence-corrected chi connectivity index (χ1v) is 9.28. The smallest absolute Gasteiger partial charge is 0.240 e. The highest BCUT2D eigenvalue weighted by Gasteiger charge is 2.41. The van der Waals surface area contributed by atoms with Crippen molar-refractivity contribution in [3.05, 3.63) is 60.2 Å². The standard InChI is InChI=1S/C18H20N2O3S/c1-13(21)20(2)15-8-10-16(11-9-15)24(22,23)19-18-12-17(18)14-6-4-3-5-7-14/h3-11,17-19H,12H2,1-2H3/t17-,18+/m0/s1. The van der Waals surface area contributed by atoms with E-state index in [1.165, 1.54) is 24.0 Å². The summed E-state index contributed by atoms with van der Waals surface area (Å²) < 4.78 is 27.7. The number of nitrogens with one attached hydrogen (secondary N) is 1. The first kappa shape index (κ1) is 16.7.